The number of quaternary nitrogens is 1. The molecule has 0 saturated carbocycles. The van der Waals surface area contributed by atoms with Gasteiger partial charge in [0.05, 0.1) is 46.0 Å². The van der Waals surface area contributed by atoms with E-state index in [1.54, 1.807) is 19.1 Å². The van der Waals surface area contributed by atoms with Crippen LogP contribution in [-0.4, -0.2) is 46.7 Å². The average Bonchev–Trinajstić information content (AvgIpc) is 2.73. The van der Waals surface area contributed by atoms with Crippen molar-refractivity contribution in [2.45, 2.75) is 13.0 Å². The minimum Gasteiger partial charge on any atom is -0.497 e. The van der Waals surface area contributed by atoms with Crippen LogP contribution >= 0.6 is 0 Å². The van der Waals surface area contributed by atoms with Crippen LogP contribution < -0.4 is 19.3 Å². The third-order valence-electron chi connectivity index (χ3n) is 5.32. The Hall–Kier alpha value is -2.53. The maximum absolute atomic E-state index is 10.8. The summed E-state index contributed by atoms with van der Waals surface area (Å²) in [6.45, 7) is 6.38. The van der Waals surface area contributed by atoms with Gasteiger partial charge in [-0.15, -0.1) is 0 Å². The maximum Gasteiger partial charge on any atom is 0.150 e. The predicted octanol–water partition coefficient (Wildman–Crippen LogP) is 1.98. The number of carbonyl (C=O) groups is 1. The summed E-state index contributed by atoms with van der Waals surface area (Å²) in [6.07, 6.45) is 0.885. The number of nitrogens with zero attached hydrogens (tertiary/aromatic N) is 1. The lowest BCUT2D eigenvalue weighted by atomic mass is 10.0. The first-order chi connectivity index (χ1) is 12.7. The summed E-state index contributed by atoms with van der Waals surface area (Å²) in [7, 11) is 3.38. The number of anilines is 1. The minimum atomic E-state index is 0.357. The van der Waals surface area contributed by atoms with Gasteiger partial charge in [-0.1, -0.05) is 0 Å². The van der Waals surface area contributed by atoms with Crippen molar-refractivity contribution in [1.82, 2.24) is 0 Å². The van der Waals surface area contributed by atoms with Gasteiger partial charge in [0.2, 0.25) is 0 Å². The van der Waals surface area contributed by atoms with E-state index in [-0.39, 0.29) is 0 Å². The van der Waals surface area contributed by atoms with E-state index < -0.39 is 0 Å². The molecular formula is C21H27N2O3+. The van der Waals surface area contributed by atoms with E-state index in [9.17, 15) is 4.79 Å². The molecule has 0 unspecified atom stereocenters. The number of benzene rings is 2. The van der Waals surface area contributed by atoms with E-state index in [0.29, 0.717) is 6.04 Å². The number of ether oxygens (including phenoxy) is 2. The van der Waals surface area contributed by atoms with E-state index in [2.05, 4.69) is 17.9 Å². The normalized spacial score (nSPS) is 16.2. The molecule has 138 valence electrons. The molecule has 3 rings (SSSR count). The van der Waals surface area contributed by atoms with Crippen LogP contribution in [0.4, 0.5) is 5.69 Å². The van der Waals surface area contributed by atoms with Gasteiger partial charge in [0.25, 0.3) is 0 Å². The van der Waals surface area contributed by atoms with E-state index >= 15 is 0 Å². The molecule has 1 aliphatic rings. The highest BCUT2D eigenvalue weighted by atomic mass is 16.5. The van der Waals surface area contributed by atoms with Crippen molar-refractivity contribution in [1.29, 1.82) is 0 Å². The number of carbonyl (C=O) groups excluding carboxylic acids is 1. The van der Waals surface area contributed by atoms with Gasteiger partial charge >= 0.3 is 0 Å². The summed E-state index contributed by atoms with van der Waals surface area (Å²) in [5, 5.41) is 0. The molecule has 0 aromatic heterocycles. The van der Waals surface area contributed by atoms with Gasteiger partial charge in [0.1, 0.15) is 23.8 Å². The van der Waals surface area contributed by atoms with Crippen LogP contribution in [0, 0.1) is 0 Å². The largest absolute Gasteiger partial charge is 0.497 e. The van der Waals surface area contributed by atoms with Crippen molar-refractivity contribution in [3.05, 3.63) is 53.6 Å². The van der Waals surface area contributed by atoms with Gasteiger partial charge in [0.15, 0.2) is 0 Å². The topological polar surface area (TPSA) is 43.2 Å². The molecule has 2 aromatic carbocycles. The van der Waals surface area contributed by atoms with Gasteiger partial charge in [0, 0.05) is 17.3 Å². The number of aldehydes is 1. The molecule has 1 atom stereocenters. The van der Waals surface area contributed by atoms with Crippen molar-refractivity contribution in [3.63, 3.8) is 0 Å². The van der Waals surface area contributed by atoms with E-state index in [0.717, 1.165) is 49.5 Å². The summed E-state index contributed by atoms with van der Waals surface area (Å²) in [6, 6.07) is 14.2. The molecule has 0 bridgehead atoms. The van der Waals surface area contributed by atoms with Crippen molar-refractivity contribution in [2.24, 2.45) is 0 Å². The Morgan fingerprint density at radius 3 is 2.31 bits per heavy atom. The minimum absolute atomic E-state index is 0.357. The van der Waals surface area contributed by atoms with Crippen molar-refractivity contribution in [3.8, 4) is 11.5 Å². The average molecular weight is 355 g/mol. The van der Waals surface area contributed by atoms with Crippen molar-refractivity contribution in [2.75, 3.05) is 45.3 Å². The zero-order valence-electron chi connectivity index (χ0n) is 15.7. The number of hydrogen-bond donors (Lipinski definition) is 1. The van der Waals surface area contributed by atoms with Gasteiger partial charge < -0.3 is 19.3 Å². The third-order valence-corrected chi connectivity index (χ3v) is 5.32. The van der Waals surface area contributed by atoms with E-state index in [4.69, 9.17) is 9.47 Å². The molecule has 0 amide bonds. The molecular weight excluding hydrogens is 328 g/mol. The second-order valence-corrected chi connectivity index (χ2v) is 6.68. The Morgan fingerprint density at radius 1 is 1.04 bits per heavy atom. The van der Waals surface area contributed by atoms with E-state index in [1.807, 2.05) is 36.4 Å². The van der Waals surface area contributed by atoms with Crippen LogP contribution in [0.3, 0.4) is 0 Å². The van der Waals surface area contributed by atoms with Gasteiger partial charge in [-0.25, -0.2) is 0 Å². The van der Waals surface area contributed by atoms with Crippen LogP contribution in [0.2, 0.25) is 0 Å². The number of piperazine rings is 1. The fraction of sp³-hybridized carbons (Fsp3) is 0.381. The number of hydrogen-bond acceptors (Lipinski definition) is 4. The summed E-state index contributed by atoms with van der Waals surface area (Å²) in [4.78, 5) is 14.7. The molecule has 5 heteroatoms. The second-order valence-electron chi connectivity index (χ2n) is 6.68. The number of nitrogens with one attached hydrogen (secondary N) is 1. The zero-order valence-corrected chi connectivity index (χ0v) is 15.7. The Bertz CT molecular complexity index is 737. The highest BCUT2D eigenvalue weighted by Gasteiger charge is 2.27. The van der Waals surface area contributed by atoms with Gasteiger partial charge in [-0.3, -0.25) is 4.79 Å². The smallest absolute Gasteiger partial charge is 0.150 e. The Labute approximate surface area is 155 Å². The molecule has 2 aromatic rings. The quantitative estimate of drug-likeness (QED) is 0.805. The summed E-state index contributed by atoms with van der Waals surface area (Å²) < 4.78 is 10.9. The molecule has 1 aliphatic heterocycles. The van der Waals surface area contributed by atoms with Crippen LogP contribution in [0.25, 0.3) is 0 Å². The molecule has 1 saturated heterocycles. The van der Waals surface area contributed by atoms with Crippen LogP contribution in [0.5, 0.6) is 11.5 Å². The SMILES string of the molecule is COc1ccc([C@H](C)[NH+]2CCN(c3ccc(C=O)cc3)CC2)c(OC)c1. The third kappa shape index (κ3) is 3.83. The fourth-order valence-electron chi connectivity index (χ4n) is 3.64. The first-order valence-corrected chi connectivity index (χ1v) is 9.03. The summed E-state index contributed by atoms with van der Waals surface area (Å²) in [5.41, 5.74) is 3.12. The lowest BCUT2D eigenvalue weighted by molar-refractivity contribution is -0.930. The van der Waals surface area contributed by atoms with Crippen molar-refractivity contribution < 1.29 is 19.2 Å². The van der Waals surface area contributed by atoms with E-state index in [1.165, 1.54) is 11.3 Å². The second kappa shape index (κ2) is 8.23. The molecule has 0 spiro atoms. The van der Waals surface area contributed by atoms with Gasteiger partial charge in [-0.2, -0.15) is 0 Å². The molecule has 0 aliphatic carbocycles. The zero-order chi connectivity index (χ0) is 18.5. The first-order valence-electron chi connectivity index (χ1n) is 9.03. The number of rotatable bonds is 6. The van der Waals surface area contributed by atoms with Crippen LogP contribution in [0.15, 0.2) is 42.5 Å². The highest BCUT2D eigenvalue weighted by Crippen LogP contribution is 2.28. The maximum atomic E-state index is 10.8. The first kappa shape index (κ1) is 18.3. The van der Waals surface area contributed by atoms with Crippen LogP contribution in [0.1, 0.15) is 28.9 Å². The molecule has 5 nitrogen and oxygen atoms in total. The standard InChI is InChI=1S/C21H26N2O3/c1-16(20-9-8-19(25-2)14-21(20)26-3)22-10-12-23(13-11-22)18-6-4-17(15-24)5-7-18/h4-9,14-16H,10-13H2,1-3H3/p+1/t16-/m0/s1. The van der Waals surface area contributed by atoms with Crippen molar-refractivity contribution >= 4 is 12.0 Å². The molecule has 26 heavy (non-hydrogen) atoms. The molecule has 0 radical (unpaired) electrons. The monoisotopic (exact) mass is 355 g/mol. The summed E-state index contributed by atoms with van der Waals surface area (Å²) >= 11 is 0. The Kier molecular flexibility index (Phi) is 5.78. The lowest BCUT2D eigenvalue weighted by Crippen LogP contribution is -3.14. The van der Waals surface area contributed by atoms with Crippen LogP contribution in [-0.2, 0) is 0 Å². The molecule has 1 N–H and O–H groups in total. The molecule has 1 heterocycles. The number of methoxy groups -OCH3 is 2. The lowest BCUT2D eigenvalue weighted by Gasteiger charge is -2.37. The summed E-state index contributed by atoms with van der Waals surface area (Å²) in [5.74, 6) is 1.70. The Balaban J connectivity index is 1.66. The molecule has 1 fully saturated rings. The Morgan fingerprint density at radius 2 is 1.73 bits per heavy atom. The predicted molar refractivity (Wildman–Crippen MR) is 103 cm³/mol. The van der Waals surface area contributed by atoms with Gasteiger partial charge in [-0.05, 0) is 43.3 Å². The fourth-order valence-corrected chi connectivity index (χ4v) is 3.64. The highest BCUT2D eigenvalue weighted by molar-refractivity contribution is 5.75.